The maximum atomic E-state index is 6.17. The third-order valence-electron chi connectivity index (χ3n) is 3.41. The average Bonchev–Trinajstić information content (AvgIpc) is 2.96. The molecule has 0 bridgehead atoms. The van der Waals surface area contributed by atoms with Gasteiger partial charge in [0.05, 0.1) is 15.2 Å². The highest BCUT2D eigenvalue weighted by molar-refractivity contribution is 7.99. The largest absolute Gasteiger partial charge is 0.359 e. The number of benzene rings is 1. The summed E-state index contributed by atoms with van der Waals surface area (Å²) in [6, 6.07) is 6.46. The molecule has 0 aliphatic heterocycles. The maximum absolute atomic E-state index is 6.17. The summed E-state index contributed by atoms with van der Waals surface area (Å²) in [4.78, 5) is 4.60. The van der Waals surface area contributed by atoms with Crippen molar-refractivity contribution >= 4 is 50.0 Å². The first kappa shape index (κ1) is 12.6. The quantitative estimate of drug-likeness (QED) is 0.893. The van der Waals surface area contributed by atoms with Crippen LogP contribution in [0, 0.1) is 0 Å². The fourth-order valence-corrected chi connectivity index (χ4v) is 4.47. The number of thioether (sulfide) groups is 1. The molecule has 5 heteroatoms. The molecule has 0 spiro atoms. The van der Waals surface area contributed by atoms with Gasteiger partial charge < -0.3 is 5.32 Å². The van der Waals surface area contributed by atoms with Crippen LogP contribution in [0.25, 0.3) is 10.2 Å². The molecule has 3 rings (SSSR count). The minimum atomic E-state index is 0.571. The highest BCUT2D eigenvalue weighted by Crippen LogP contribution is 2.35. The fourth-order valence-electron chi connectivity index (χ4n) is 2.44. The Kier molecular flexibility index (Phi) is 3.68. The van der Waals surface area contributed by atoms with Crippen LogP contribution in [0.2, 0.25) is 5.02 Å². The van der Waals surface area contributed by atoms with Crippen molar-refractivity contribution in [2.45, 2.75) is 30.6 Å². The molecule has 2 aromatic rings. The minimum Gasteiger partial charge on any atom is -0.359 e. The molecule has 0 saturated heterocycles. The average molecular weight is 299 g/mol. The summed E-state index contributed by atoms with van der Waals surface area (Å²) >= 11 is 9.81. The van der Waals surface area contributed by atoms with E-state index in [-0.39, 0.29) is 0 Å². The van der Waals surface area contributed by atoms with Gasteiger partial charge in [-0.25, -0.2) is 4.98 Å². The van der Waals surface area contributed by atoms with Crippen LogP contribution in [0.5, 0.6) is 0 Å². The summed E-state index contributed by atoms with van der Waals surface area (Å²) in [5, 5.41) is 6.17. The van der Waals surface area contributed by atoms with E-state index in [1.54, 1.807) is 11.3 Å². The van der Waals surface area contributed by atoms with Crippen LogP contribution in [0.4, 0.5) is 5.13 Å². The van der Waals surface area contributed by atoms with Gasteiger partial charge in [-0.1, -0.05) is 29.0 Å². The standard InChI is InChI=1S/C13H15ClN2S2/c1-17-9-6-5-8(7-9)15-13-16-11-4-2-3-10(14)12(11)18-13/h2-4,8-9H,5-7H2,1H3,(H,15,16). The predicted octanol–water partition coefficient (Wildman–Crippen LogP) is 4.65. The topological polar surface area (TPSA) is 24.9 Å². The van der Waals surface area contributed by atoms with Crippen molar-refractivity contribution in [3.05, 3.63) is 23.2 Å². The number of thiazole rings is 1. The number of nitrogens with zero attached hydrogens (tertiary/aromatic N) is 1. The summed E-state index contributed by atoms with van der Waals surface area (Å²) in [6.45, 7) is 0. The van der Waals surface area contributed by atoms with Crippen LogP contribution in [0.3, 0.4) is 0 Å². The van der Waals surface area contributed by atoms with Crippen LogP contribution in [-0.4, -0.2) is 22.5 Å². The van der Waals surface area contributed by atoms with Gasteiger partial charge in [0.2, 0.25) is 0 Å². The first-order valence-corrected chi connectivity index (χ1v) is 8.59. The first-order chi connectivity index (χ1) is 8.76. The van der Waals surface area contributed by atoms with E-state index in [9.17, 15) is 0 Å². The number of nitrogens with one attached hydrogen (secondary N) is 1. The van der Waals surface area contributed by atoms with Crippen LogP contribution in [-0.2, 0) is 0 Å². The molecule has 2 unspecified atom stereocenters. The Morgan fingerprint density at radius 2 is 2.33 bits per heavy atom. The summed E-state index contributed by atoms with van der Waals surface area (Å²) in [5.41, 5.74) is 0.995. The van der Waals surface area contributed by atoms with E-state index in [0.29, 0.717) is 6.04 Å². The van der Waals surface area contributed by atoms with E-state index >= 15 is 0 Å². The van der Waals surface area contributed by atoms with E-state index in [1.165, 1.54) is 19.3 Å². The van der Waals surface area contributed by atoms with E-state index in [2.05, 4.69) is 16.6 Å². The molecular formula is C13H15ClN2S2. The Bertz CT molecular complexity index is 555. The number of fused-ring (bicyclic) bond motifs is 1. The minimum absolute atomic E-state index is 0.571. The fraction of sp³-hybridized carbons (Fsp3) is 0.462. The second kappa shape index (κ2) is 5.27. The molecule has 2 nitrogen and oxygen atoms in total. The van der Waals surface area contributed by atoms with Gasteiger partial charge in [0.1, 0.15) is 0 Å². The number of hydrogen-bond donors (Lipinski definition) is 1. The lowest BCUT2D eigenvalue weighted by Gasteiger charge is -2.10. The highest BCUT2D eigenvalue weighted by Gasteiger charge is 2.24. The highest BCUT2D eigenvalue weighted by atomic mass is 35.5. The number of hydrogen-bond acceptors (Lipinski definition) is 4. The van der Waals surface area contributed by atoms with Gasteiger partial charge >= 0.3 is 0 Å². The molecule has 1 fully saturated rings. The van der Waals surface area contributed by atoms with Crippen LogP contribution in [0.15, 0.2) is 18.2 Å². The van der Waals surface area contributed by atoms with E-state index in [4.69, 9.17) is 11.6 Å². The monoisotopic (exact) mass is 298 g/mol. The number of halogens is 1. The molecule has 1 N–H and O–H groups in total. The van der Waals surface area contributed by atoms with E-state index in [1.807, 2.05) is 30.0 Å². The third kappa shape index (κ3) is 2.46. The number of rotatable bonds is 3. The van der Waals surface area contributed by atoms with Gasteiger partial charge in [0, 0.05) is 11.3 Å². The van der Waals surface area contributed by atoms with Crippen molar-refractivity contribution < 1.29 is 0 Å². The maximum Gasteiger partial charge on any atom is 0.184 e. The Morgan fingerprint density at radius 3 is 3.06 bits per heavy atom. The van der Waals surface area contributed by atoms with Crippen LogP contribution >= 0.6 is 34.7 Å². The first-order valence-electron chi connectivity index (χ1n) is 6.10. The normalized spacial score (nSPS) is 23.7. The zero-order chi connectivity index (χ0) is 12.5. The van der Waals surface area contributed by atoms with Gasteiger partial charge in [-0.15, -0.1) is 0 Å². The molecule has 1 saturated carbocycles. The zero-order valence-electron chi connectivity index (χ0n) is 10.1. The summed E-state index contributed by atoms with van der Waals surface area (Å²) in [6.07, 6.45) is 6.00. The molecule has 1 aliphatic rings. The SMILES string of the molecule is CSC1CCC(Nc2nc3cccc(Cl)c3s2)C1. The molecule has 2 atom stereocenters. The second-order valence-electron chi connectivity index (χ2n) is 4.62. The molecular weight excluding hydrogens is 284 g/mol. The van der Waals surface area contributed by atoms with Crippen molar-refractivity contribution in [2.24, 2.45) is 0 Å². The van der Waals surface area contributed by atoms with Crippen molar-refractivity contribution in [3.63, 3.8) is 0 Å². The summed E-state index contributed by atoms with van der Waals surface area (Å²) < 4.78 is 1.08. The van der Waals surface area contributed by atoms with Crippen LogP contribution < -0.4 is 5.32 Å². The van der Waals surface area contributed by atoms with Crippen molar-refractivity contribution in [3.8, 4) is 0 Å². The Hall–Kier alpha value is -0.450. The van der Waals surface area contributed by atoms with Gasteiger partial charge in [-0.2, -0.15) is 11.8 Å². The Morgan fingerprint density at radius 1 is 1.44 bits per heavy atom. The lowest BCUT2D eigenvalue weighted by Crippen LogP contribution is -2.15. The van der Waals surface area contributed by atoms with Gasteiger partial charge in [-0.3, -0.25) is 0 Å². The Balaban J connectivity index is 1.77. The lowest BCUT2D eigenvalue weighted by atomic mass is 10.3. The van der Waals surface area contributed by atoms with E-state index < -0.39 is 0 Å². The third-order valence-corrected chi connectivity index (χ3v) is 5.97. The van der Waals surface area contributed by atoms with Crippen LogP contribution in [0.1, 0.15) is 19.3 Å². The Labute approximate surface area is 120 Å². The smallest absolute Gasteiger partial charge is 0.184 e. The molecule has 1 heterocycles. The van der Waals surface area contributed by atoms with Gasteiger partial charge in [-0.05, 0) is 37.7 Å². The molecule has 1 aliphatic carbocycles. The molecule has 0 amide bonds. The van der Waals surface area contributed by atoms with E-state index in [0.717, 1.165) is 25.6 Å². The van der Waals surface area contributed by atoms with Gasteiger partial charge in [0.15, 0.2) is 5.13 Å². The van der Waals surface area contributed by atoms with Crippen molar-refractivity contribution in [2.75, 3.05) is 11.6 Å². The van der Waals surface area contributed by atoms with Crippen molar-refractivity contribution in [1.82, 2.24) is 4.98 Å². The second-order valence-corrected chi connectivity index (χ2v) is 7.16. The number of aromatic nitrogens is 1. The van der Waals surface area contributed by atoms with Gasteiger partial charge in [0.25, 0.3) is 0 Å². The molecule has 18 heavy (non-hydrogen) atoms. The molecule has 0 radical (unpaired) electrons. The predicted molar refractivity (Wildman–Crippen MR) is 83.2 cm³/mol. The molecule has 96 valence electrons. The summed E-state index contributed by atoms with van der Waals surface area (Å²) in [7, 11) is 0. The van der Waals surface area contributed by atoms with Crippen molar-refractivity contribution in [1.29, 1.82) is 0 Å². The summed E-state index contributed by atoms with van der Waals surface area (Å²) in [5.74, 6) is 0. The molecule has 1 aromatic carbocycles. The molecule has 1 aromatic heterocycles. The lowest BCUT2D eigenvalue weighted by molar-refractivity contribution is 0.756. The number of anilines is 1. The zero-order valence-corrected chi connectivity index (χ0v) is 12.5.